The van der Waals surface area contributed by atoms with Crippen LogP contribution in [0.15, 0.2) is 42.5 Å². The number of ketones is 1. The third-order valence-electron chi connectivity index (χ3n) is 7.23. The van der Waals surface area contributed by atoms with Crippen LogP contribution in [0.3, 0.4) is 0 Å². The number of anilines is 1. The second-order valence-electron chi connectivity index (χ2n) is 8.35. The third kappa shape index (κ3) is 2.03. The number of carbonyl (C=O) groups is 5. The number of hydrogen-bond acceptors (Lipinski definition) is 6. The second kappa shape index (κ2) is 6.10. The van der Waals surface area contributed by atoms with E-state index in [1.807, 2.05) is 0 Å². The molecule has 2 aliphatic carbocycles. The van der Waals surface area contributed by atoms with E-state index in [0.717, 1.165) is 4.90 Å². The fourth-order valence-corrected chi connectivity index (χ4v) is 6.13. The maximum absolute atomic E-state index is 13.5. The van der Waals surface area contributed by atoms with Crippen LogP contribution in [0.2, 0.25) is 0 Å². The number of hydrogen-bond donors (Lipinski definition) is 0. The normalized spacial score (nSPS) is 36.8. The van der Waals surface area contributed by atoms with E-state index in [9.17, 15) is 24.0 Å². The first-order valence-corrected chi connectivity index (χ1v) is 9.84. The van der Waals surface area contributed by atoms with Gasteiger partial charge >= 0.3 is 5.97 Å². The zero-order chi connectivity index (χ0) is 21.4. The first-order chi connectivity index (χ1) is 14.3. The molecular weight excluding hydrogens is 388 g/mol. The van der Waals surface area contributed by atoms with Gasteiger partial charge in [0, 0.05) is 19.4 Å². The number of fused-ring (bicyclic) bond motifs is 1. The first kappa shape index (κ1) is 18.7. The average molecular weight is 408 g/mol. The van der Waals surface area contributed by atoms with Crippen molar-refractivity contribution in [2.45, 2.75) is 12.5 Å². The summed E-state index contributed by atoms with van der Waals surface area (Å²) in [5.41, 5.74) is -0.905. The molecule has 8 nitrogen and oxygen atoms in total. The van der Waals surface area contributed by atoms with Gasteiger partial charge in [-0.05, 0) is 18.2 Å². The van der Waals surface area contributed by atoms with Crippen LogP contribution < -0.4 is 4.90 Å². The van der Waals surface area contributed by atoms with Crippen molar-refractivity contribution in [1.29, 1.82) is 0 Å². The van der Waals surface area contributed by atoms with Gasteiger partial charge in [0.05, 0.1) is 36.6 Å². The maximum atomic E-state index is 13.5. The van der Waals surface area contributed by atoms with Gasteiger partial charge in [-0.3, -0.25) is 24.0 Å². The van der Waals surface area contributed by atoms with Crippen molar-refractivity contribution in [3.63, 3.8) is 0 Å². The molecule has 3 aliphatic heterocycles. The van der Waals surface area contributed by atoms with Crippen LogP contribution >= 0.6 is 0 Å². The number of imide groups is 1. The van der Waals surface area contributed by atoms with Crippen LogP contribution in [-0.4, -0.2) is 54.6 Å². The monoisotopic (exact) mass is 408 g/mol. The summed E-state index contributed by atoms with van der Waals surface area (Å²) in [6.07, 6.45) is 2.79. The van der Waals surface area contributed by atoms with Crippen LogP contribution in [0.5, 0.6) is 0 Å². The fraction of sp³-hybridized carbons (Fsp3) is 0.409. The van der Waals surface area contributed by atoms with E-state index in [-0.39, 0.29) is 18.1 Å². The molecule has 0 unspecified atom stereocenters. The van der Waals surface area contributed by atoms with Crippen molar-refractivity contribution in [2.24, 2.45) is 29.1 Å². The van der Waals surface area contributed by atoms with E-state index >= 15 is 0 Å². The smallest absolute Gasteiger partial charge is 0.318 e. The maximum Gasteiger partial charge on any atom is 0.318 e. The summed E-state index contributed by atoms with van der Waals surface area (Å²) in [4.78, 5) is 67.9. The predicted molar refractivity (Wildman–Crippen MR) is 103 cm³/mol. The number of para-hydroxylation sites is 1. The van der Waals surface area contributed by atoms with E-state index in [4.69, 9.17) is 4.74 Å². The Kier molecular flexibility index (Phi) is 3.81. The lowest BCUT2D eigenvalue weighted by Crippen LogP contribution is -2.74. The van der Waals surface area contributed by atoms with Gasteiger partial charge in [0.15, 0.2) is 5.78 Å². The number of piperidine rings is 2. The van der Waals surface area contributed by atoms with Gasteiger partial charge in [0.2, 0.25) is 17.7 Å². The molecule has 30 heavy (non-hydrogen) atoms. The Morgan fingerprint density at radius 1 is 1.00 bits per heavy atom. The topological polar surface area (TPSA) is 101 Å². The minimum atomic E-state index is -1.33. The number of rotatable bonds is 2. The summed E-state index contributed by atoms with van der Waals surface area (Å²) in [5, 5.41) is 0. The number of esters is 1. The highest BCUT2D eigenvalue weighted by molar-refractivity contribution is 6.24. The van der Waals surface area contributed by atoms with Gasteiger partial charge in [0.25, 0.3) is 0 Å². The average Bonchev–Trinajstić information content (AvgIpc) is 3.01. The van der Waals surface area contributed by atoms with Crippen molar-refractivity contribution in [2.75, 3.05) is 19.1 Å². The molecule has 8 heteroatoms. The SMILES string of the molecule is COC(=O)[C@]12C=CC(=O)C[C@@H]1[C@H]1C(=O)N(C)[C@H]2[C@H]2C(=O)N(c3ccccc3)C(=O)[C@@H]12. The molecule has 6 atom stereocenters. The lowest BCUT2D eigenvalue weighted by atomic mass is 9.47. The molecule has 0 N–H and O–H groups in total. The van der Waals surface area contributed by atoms with Crippen LogP contribution in [0.1, 0.15) is 6.42 Å². The molecule has 0 aromatic heterocycles. The number of carbonyl (C=O) groups excluding carboxylic acids is 5. The number of benzene rings is 1. The quantitative estimate of drug-likeness (QED) is 0.524. The highest BCUT2D eigenvalue weighted by Gasteiger charge is 2.76. The van der Waals surface area contributed by atoms with Crippen LogP contribution in [0.25, 0.3) is 0 Å². The molecule has 3 amide bonds. The predicted octanol–water partition coefficient (Wildman–Crippen LogP) is 0.567. The minimum absolute atomic E-state index is 0.0393. The van der Waals surface area contributed by atoms with E-state index in [1.165, 1.54) is 24.2 Å². The Balaban J connectivity index is 1.72. The van der Waals surface area contributed by atoms with E-state index in [0.29, 0.717) is 5.69 Å². The summed E-state index contributed by atoms with van der Waals surface area (Å²) in [7, 11) is 2.79. The van der Waals surface area contributed by atoms with Crippen LogP contribution in [-0.2, 0) is 28.7 Å². The molecule has 5 aliphatic rings. The standard InChI is InChI=1S/C22H20N2O6/c1-23-17-16-15(19(27)24(20(16)28)11-6-4-3-5-7-11)14(18(23)26)13-10-12(25)8-9-22(13,17)21(29)30-2/h3-9,13-17H,10H2,1-2H3/t13-,14-,15+,16+,17+,22-/m1/s1. The minimum Gasteiger partial charge on any atom is -0.468 e. The van der Waals surface area contributed by atoms with Gasteiger partial charge in [0.1, 0.15) is 5.41 Å². The second-order valence-corrected chi connectivity index (χ2v) is 8.35. The lowest BCUT2D eigenvalue weighted by molar-refractivity contribution is -0.195. The molecule has 4 fully saturated rings. The summed E-state index contributed by atoms with van der Waals surface area (Å²) in [6.45, 7) is 0. The summed E-state index contributed by atoms with van der Waals surface area (Å²) in [6, 6.07) is 7.65. The summed E-state index contributed by atoms with van der Waals surface area (Å²) in [5.74, 6) is -5.44. The molecule has 2 bridgehead atoms. The summed E-state index contributed by atoms with van der Waals surface area (Å²) >= 11 is 0. The molecule has 0 spiro atoms. The van der Waals surface area contributed by atoms with Crippen molar-refractivity contribution in [3.05, 3.63) is 42.5 Å². The number of allylic oxidation sites excluding steroid dienone is 1. The largest absolute Gasteiger partial charge is 0.468 e. The Bertz CT molecular complexity index is 1030. The zero-order valence-corrected chi connectivity index (χ0v) is 16.5. The number of amides is 3. The molecule has 1 aromatic rings. The van der Waals surface area contributed by atoms with Crippen molar-refractivity contribution >= 4 is 35.2 Å². The van der Waals surface area contributed by atoms with Crippen molar-refractivity contribution in [1.82, 2.24) is 4.90 Å². The van der Waals surface area contributed by atoms with Gasteiger partial charge in [-0.1, -0.05) is 24.3 Å². The molecule has 1 saturated carbocycles. The molecule has 6 rings (SSSR count). The Morgan fingerprint density at radius 3 is 2.33 bits per heavy atom. The van der Waals surface area contributed by atoms with Crippen molar-refractivity contribution < 1.29 is 28.7 Å². The Hall–Kier alpha value is -3.29. The zero-order valence-electron chi connectivity index (χ0n) is 16.5. The first-order valence-electron chi connectivity index (χ1n) is 9.84. The van der Waals surface area contributed by atoms with E-state index in [2.05, 4.69) is 0 Å². The fourth-order valence-electron chi connectivity index (χ4n) is 6.13. The van der Waals surface area contributed by atoms with E-state index < -0.39 is 52.9 Å². The Labute approximate surface area is 172 Å². The number of methoxy groups -OCH3 is 1. The third-order valence-corrected chi connectivity index (χ3v) is 7.23. The molecular formula is C22H20N2O6. The highest BCUT2D eigenvalue weighted by Crippen LogP contribution is 2.62. The molecule has 0 radical (unpaired) electrons. The Morgan fingerprint density at radius 2 is 1.67 bits per heavy atom. The van der Waals surface area contributed by atoms with Gasteiger partial charge in [-0.15, -0.1) is 0 Å². The van der Waals surface area contributed by atoms with E-state index in [1.54, 1.807) is 37.4 Å². The molecule has 3 heterocycles. The lowest BCUT2D eigenvalue weighted by Gasteiger charge is -2.61. The molecule has 154 valence electrons. The van der Waals surface area contributed by atoms with Crippen LogP contribution in [0, 0.1) is 29.1 Å². The molecule has 3 saturated heterocycles. The highest BCUT2D eigenvalue weighted by atomic mass is 16.5. The number of ether oxygens (including phenoxy) is 1. The van der Waals surface area contributed by atoms with Gasteiger partial charge in [-0.2, -0.15) is 0 Å². The van der Waals surface area contributed by atoms with Gasteiger partial charge in [-0.25, -0.2) is 4.90 Å². The number of nitrogens with zero attached hydrogens (tertiary/aromatic N) is 2. The van der Waals surface area contributed by atoms with Crippen molar-refractivity contribution in [3.8, 4) is 0 Å². The van der Waals surface area contributed by atoms with Gasteiger partial charge < -0.3 is 9.64 Å². The van der Waals surface area contributed by atoms with Crippen LogP contribution in [0.4, 0.5) is 5.69 Å². The summed E-state index contributed by atoms with van der Waals surface area (Å²) < 4.78 is 5.09. The molecule has 1 aromatic carbocycles.